The maximum absolute atomic E-state index is 11.7. The number of carboxylic acids is 1. The average molecular weight is 275 g/mol. The lowest BCUT2D eigenvalue weighted by Crippen LogP contribution is -2.54. The van der Waals surface area contributed by atoms with Gasteiger partial charge in [-0.2, -0.15) is 0 Å². The SMILES string of the molecule is CC(CCc1ccccc1)(NC1CCCCC1)C(=O)O. The fourth-order valence-electron chi connectivity index (χ4n) is 2.98. The van der Waals surface area contributed by atoms with Gasteiger partial charge < -0.3 is 5.11 Å². The molecule has 2 N–H and O–H groups in total. The van der Waals surface area contributed by atoms with Crippen LogP contribution in [0.4, 0.5) is 0 Å². The Hall–Kier alpha value is -1.35. The molecule has 1 unspecified atom stereocenters. The summed E-state index contributed by atoms with van der Waals surface area (Å²) < 4.78 is 0. The second-order valence-corrected chi connectivity index (χ2v) is 6.10. The highest BCUT2D eigenvalue weighted by atomic mass is 16.4. The van der Waals surface area contributed by atoms with Gasteiger partial charge in [0.2, 0.25) is 0 Å². The summed E-state index contributed by atoms with van der Waals surface area (Å²) in [7, 11) is 0. The van der Waals surface area contributed by atoms with Crippen LogP contribution in [0.1, 0.15) is 51.0 Å². The Morgan fingerprint density at radius 2 is 1.90 bits per heavy atom. The van der Waals surface area contributed by atoms with Crippen molar-refractivity contribution in [3.8, 4) is 0 Å². The molecule has 0 bridgehead atoms. The summed E-state index contributed by atoms with van der Waals surface area (Å²) in [4.78, 5) is 11.7. The van der Waals surface area contributed by atoms with Crippen LogP contribution < -0.4 is 5.32 Å². The summed E-state index contributed by atoms with van der Waals surface area (Å²) in [6.07, 6.45) is 7.35. The normalized spacial score (nSPS) is 19.4. The van der Waals surface area contributed by atoms with Crippen molar-refractivity contribution in [2.75, 3.05) is 0 Å². The van der Waals surface area contributed by atoms with E-state index in [0.29, 0.717) is 12.5 Å². The molecule has 1 aliphatic rings. The molecule has 0 amide bonds. The fourth-order valence-corrected chi connectivity index (χ4v) is 2.98. The van der Waals surface area contributed by atoms with Gasteiger partial charge in [0.05, 0.1) is 0 Å². The summed E-state index contributed by atoms with van der Waals surface area (Å²) in [5.74, 6) is -0.737. The predicted octanol–water partition coefficient (Wildman–Crippen LogP) is 3.38. The van der Waals surface area contributed by atoms with Gasteiger partial charge in [0, 0.05) is 6.04 Å². The second kappa shape index (κ2) is 6.89. The molecule has 0 radical (unpaired) electrons. The highest BCUT2D eigenvalue weighted by Crippen LogP contribution is 2.22. The zero-order valence-electron chi connectivity index (χ0n) is 12.3. The van der Waals surface area contributed by atoms with E-state index in [1.165, 1.54) is 24.8 Å². The number of hydrogen-bond donors (Lipinski definition) is 2. The molecule has 0 aliphatic heterocycles. The molecule has 1 saturated carbocycles. The van der Waals surface area contributed by atoms with Crippen LogP contribution in [0.5, 0.6) is 0 Å². The largest absolute Gasteiger partial charge is 0.480 e. The molecule has 1 aromatic rings. The van der Waals surface area contributed by atoms with Crippen molar-refractivity contribution in [1.82, 2.24) is 5.32 Å². The Balaban J connectivity index is 1.95. The molecule has 0 heterocycles. The molecule has 110 valence electrons. The molecule has 1 aromatic carbocycles. The quantitative estimate of drug-likeness (QED) is 0.836. The molecule has 1 fully saturated rings. The lowest BCUT2D eigenvalue weighted by Gasteiger charge is -2.33. The zero-order valence-corrected chi connectivity index (χ0v) is 12.3. The zero-order chi connectivity index (χ0) is 14.4. The van der Waals surface area contributed by atoms with Gasteiger partial charge in [0.25, 0.3) is 0 Å². The minimum absolute atomic E-state index is 0.362. The maximum Gasteiger partial charge on any atom is 0.323 e. The van der Waals surface area contributed by atoms with Crippen molar-refractivity contribution in [3.63, 3.8) is 0 Å². The van der Waals surface area contributed by atoms with Crippen LogP contribution in [-0.2, 0) is 11.2 Å². The number of hydrogen-bond acceptors (Lipinski definition) is 2. The van der Waals surface area contributed by atoms with Crippen LogP contribution in [-0.4, -0.2) is 22.7 Å². The van der Waals surface area contributed by atoms with Gasteiger partial charge in [-0.25, -0.2) is 0 Å². The monoisotopic (exact) mass is 275 g/mol. The van der Waals surface area contributed by atoms with Crippen LogP contribution >= 0.6 is 0 Å². The molecule has 1 aliphatic carbocycles. The first-order chi connectivity index (χ1) is 9.60. The van der Waals surface area contributed by atoms with E-state index in [1.807, 2.05) is 25.1 Å². The first kappa shape index (κ1) is 15.0. The van der Waals surface area contributed by atoms with E-state index in [-0.39, 0.29) is 0 Å². The minimum Gasteiger partial charge on any atom is -0.480 e. The number of benzene rings is 1. The highest BCUT2D eigenvalue weighted by molar-refractivity contribution is 5.78. The Bertz CT molecular complexity index is 426. The Labute approximate surface area is 121 Å². The van der Waals surface area contributed by atoms with Crippen LogP contribution in [0.3, 0.4) is 0 Å². The molecule has 0 saturated heterocycles. The third-order valence-corrected chi connectivity index (χ3v) is 4.36. The maximum atomic E-state index is 11.7. The van der Waals surface area contributed by atoms with Gasteiger partial charge in [0.15, 0.2) is 0 Å². The summed E-state index contributed by atoms with van der Waals surface area (Å²) in [5.41, 5.74) is 0.378. The predicted molar refractivity (Wildman–Crippen MR) is 80.8 cm³/mol. The molecule has 0 spiro atoms. The van der Waals surface area contributed by atoms with Crippen molar-refractivity contribution < 1.29 is 9.90 Å². The van der Waals surface area contributed by atoms with Crippen molar-refractivity contribution in [1.29, 1.82) is 0 Å². The van der Waals surface area contributed by atoms with E-state index in [4.69, 9.17) is 0 Å². The van der Waals surface area contributed by atoms with Gasteiger partial charge in [-0.05, 0) is 38.2 Å². The molecule has 1 atom stereocenters. The molecule has 2 rings (SSSR count). The standard InChI is InChI=1S/C17H25NO2/c1-17(16(19)20,18-15-10-6-3-7-11-15)13-12-14-8-4-2-5-9-14/h2,4-5,8-9,15,18H,3,6-7,10-13H2,1H3,(H,19,20). The molecule has 3 heteroatoms. The molecule has 20 heavy (non-hydrogen) atoms. The number of carboxylic acid groups (broad SMARTS) is 1. The van der Waals surface area contributed by atoms with Gasteiger partial charge in [-0.15, -0.1) is 0 Å². The molecular formula is C17H25NO2. The number of carbonyl (C=O) groups is 1. The van der Waals surface area contributed by atoms with Crippen LogP contribution in [0, 0.1) is 0 Å². The van der Waals surface area contributed by atoms with Crippen molar-refractivity contribution in [3.05, 3.63) is 35.9 Å². The summed E-state index contributed by atoms with van der Waals surface area (Å²) >= 11 is 0. The Kier molecular flexibility index (Phi) is 5.18. The van der Waals surface area contributed by atoms with Crippen LogP contribution in [0.25, 0.3) is 0 Å². The third-order valence-electron chi connectivity index (χ3n) is 4.36. The first-order valence-corrected chi connectivity index (χ1v) is 7.65. The first-order valence-electron chi connectivity index (χ1n) is 7.65. The van der Waals surface area contributed by atoms with Crippen LogP contribution in [0.2, 0.25) is 0 Å². The van der Waals surface area contributed by atoms with E-state index in [9.17, 15) is 9.90 Å². The van der Waals surface area contributed by atoms with Gasteiger partial charge in [-0.1, -0.05) is 49.6 Å². The van der Waals surface area contributed by atoms with Crippen molar-refractivity contribution in [2.45, 2.75) is 63.5 Å². The number of nitrogens with one attached hydrogen (secondary N) is 1. The number of aliphatic carboxylic acids is 1. The lowest BCUT2D eigenvalue weighted by molar-refractivity contribution is -0.145. The minimum atomic E-state index is -0.822. The highest BCUT2D eigenvalue weighted by Gasteiger charge is 2.34. The fraction of sp³-hybridized carbons (Fsp3) is 0.588. The molecule has 3 nitrogen and oxygen atoms in total. The molecular weight excluding hydrogens is 250 g/mol. The number of aryl methyl sites for hydroxylation is 1. The van der Waals surface area contributed by atoms with Crippen molar-refractivity contribution in [2.24, 2.45) is 0 Å². The van der Waals surface area contributed by atoms with E-state index in [2.05, 4.69) is 17.4 Å². The summed E-state index contributed by atoms with van der Waals surface area (Å²) in [6.45, 7) is 1.83. The third kappa shape index (κ3) is 4.07. The van der Waals surface area contributed by atoms with Gasteiger partial charge in [0.1, 0.15) is 5.54 Å². The van der Waals surface area contributed by atoms with Gasteiger partial charge in [-0.3, -0.25) is 10.1 Å². The number of rotatable bonds is 6. The van der Waals surface area contributed by atoms with Gasteiger partial charge >= 0.3 is 5.97 Å². The van der Waals surface area contributed by atoms with E-state index < -0.39 is 11.5 Å². The average Bonchev–Trinajstić information content (AvgIpc) is 2.47. The molecule has 0 aromatic heterocycles. The van der Waals surface area contributed by atoms with Crippen LogP contribution in [0.15, 0.2) is 30.3 Å². The lowest BCUT2D eigenvalue weighted by atomic mass is 9.88. The van der Waals surface area contributed by atoms with E-state index in [0.717, 1.165) is 19.3 Å². The van der Waals surface area contributed by atoms with Crippen molar-refractivity contribution >= 4 is 5.97 Å². The summed E-state index contributed by atoms with van der Waals surface area (Å²) in [5, 5.41) is 13.0. The van der Waals surface area contributed by atoms with E-state index >= 15 is 0 Å². The second-order valence-electron chi connectivity index (χ2n) is 6.10. The Morgan fingerprint density at radius 1 is 1.25 bits per heavy atom. The van der Waals surface area contributed by atoms with E-state index in [1.54, 1.807) is 0 Å². The Morgan fingerprint density at radius 3 is 2.50 bits per heavy atom. The topological polar surface area (TPSA) is 49.3 Å². The summed E-state index contributed by atoms with van der Waals surface area (Å²) in [6, 6.07) is 10.5. The smallest absolute Gasteiger partial charge is 0.323 e.